The van der Waals surface area contributed by atoms with E-state index in [4.69, 9.17) is 43.5 Å². The zero-order valence-corrected chi connectivity index (χ0v) is 18.8. The molecular weight excluding hydrogens is 434 g/mol. The van der Waals surface area contributed by atoms with Crippen molar-refractivity contribution in [1.29, 1.82) is 0 Å². The number of hydrogen-bond donors (Lipinski definition) is 3. The highest BCUT2D eigenvalue weighted by atomic mass is 16.7. The molecule has 0 spiro atoms. The number of rotatable bonds is 9. The van der Waals surface area contributed by atoms with E-state index >= 15 is 0 Å². The van der Waals surface area contributed by atoms with Crippen molar-refractivity contribution in [2.24, 2.45) is 0 Å². The minimum Gasteiger partial charge on any atom is -0.493 e. The van der Waals surface area contributed by atoms with E-state index in [0.29, 0.717) is 43.6 Å². The Morgan fingerprint density at radius 1 is 1.03 bits per heavy atom. The van der Waals surface area contributed by atoms with Gasteiger partial charge in [0.25, 0.3) is 0 Å². The molecule has 3 rings (SSSR count). The zero-order chi connectivity index (χ0) is 24.3. The van der Waals surface area contributed by atoms with Crippen LogP contribution in [0, 0.1) is 0 Å². The Morgan fingerprint density at radius 2 is 1.64 bits per heavy atom. The zero-order valence-electron chi connectivity index (χ0n) is 18.8. The Bertz CT molecular complexity index is 872. The summed E-state index contributed by atoms with van der Waals surface area (Å²) in [6.07, 6.45) is -0.00370. The molecule has 0 bridgehead atoms. The minimum atomic E-state index is -1.82. The van der Waals surface area contributed by atoms with E-state index in [2.05, 4.69) is 5.32 Å². The number of hydrogen-bond acceptors (Lipinski definition) is 8. The molecule has 2 aromatic rings. The van der Waals surface area contributed by atoms with Gasteiger partial charge in [0.15, 0.2) is 17.3 Å². The number of nitrogens with one attached hydrogen (secondary N) is 1. The molecule has 180 valence electrons. The van der Waals surface area contributed by atoms with Gasteiger partial charge in [0.2, 0.25) is 5.75 Å². The van der Waals surface area contributed by atoms with Crippen LogP contribution in [-0.4, -0.2) is 68.8 Å². The third kappa shape index (κ3) is 7.63. The van der Waals surface area contributed by atoms with E-state index in [1.807, 2.05) is 55.5 Å². The van der Waals surface area contributed by atoms with Crippen LogP contribution in [0.3, 0.4) is 0 Å². The normalized spacial score (nSPS) is 19.2. The van der Waals surface area contributed by atoms with Crippen molar-refractivity contribution in [3.05, 3.63) is 54.1 Å². The molecule has 1 unspecified atom stereocenters. The van der Waals surface area contributed by atoms with Crippen molar-refractivity contribution in [2.75, 3.05) is 40.5 Å². The molecule has 1 aliphatic heterocycles. The van der Waals surface area contributed by atoms with E-state index in [1.54, 1.807) is 14.2 Å². The van der Waals surface area contributed by atoms with Crippen molar-refractivity contribution in [3.8, 4) is 17.2 Å². The maximum atomic E-state index is 9.10. The lowest BCUT2D eigenvalue weighted by atomic mass is 10.1. The molecule has 0 radical (unpaired) electrons. The molecule has 2 atom stereocenters. The van der Waals surface area contributed by atoms with Gasteiger partial charge in [0.05, 0.1) is 26.9 Å². The molecule has 1 heterocycles. The van der Waals surface area contributed by atoms with Crippen molar-refractivity contribution in [1.82, 2.24) is 5.32 Å². The number of carbonyl (C=O) groups is 2. The summed E-state index contributed by atoms with van der Waals surface area (Å²) in [5.41, 5.74) is 1.03. The molecular formula is C23H29NO9. The van der Waals surface area contributed by atoms with Gasteiger partial charge in [-0.05, 0) is 19.1 Å². The quantitative estimate of drug-likeness (QED) is 0.375. The van der Waals surface area contributed by atoms with Crippen LogP contribution < -0.4 is 19.5 Å². The van der Waals surface area contributed by atoms with E-state index in [1.165, 1.54) is 0 Å². The lowest BCUT2D eigenvalue weighted by molar-refractivity contribution is -0.161. The fourth-order valence-electron chi connectivity index (χ4n) is 3.08. The van der Waals surface area contributed by atoms with E-state index in [0.717, 1.165) is 5.56 Å². The highest BCUT2D eigenvalue weighted by molar-refractivity contribution is 6.27. The fourth-order valence-corrected chi connectivity index (χ4v) is 3.08. The van der Waals surface area contributed by atoms with Crippen LogP contribution >= 0.6 is 0 Å². The highest BCUT2D eigenvalue weighted by Gasteiger charge is 2.38. The van der Waals surface area contributed by atoms with Crippen molar-refractivity contribution >= 4 is 11.9 Å². The predicted molar refractivity (Wildman–Crippen MR) is 118 cm³/mol. The maximum Gasteiger partial charge on any atom is 0.414 e. The number of aliphatic carboxylic acids is 2. The average Bonchev–Trinajstić information content (AvgIpc) is 3.21. The molecule has 10 nitrogen and oxygen atoms in total. The molecule has 10 heteroatoms. The van der Waals surface area contributed by atoms with E-state index in [9.17, 15) is 0 Å². The fraction of sp³-hybridized carbons (Fsp3) is 0.391. The van der Waals surface area contributed by atoms with Crippen LogP contribution in [0.5, 0.6) is 17.2 Å². The van der Waals surface area contributed by atoms with Crippen molar-refractivity contribution in [3.63, 3.8) is 0 Å². The Kier molecular flexibility index (Phi) is 9.92. The Labute approximate surface area is 192 Å². The van der Waals surface area contributed by atoms with E-state index in [-0.39, 0.29) is 6.10 Å². The first kappa shape index (κ1) is 25.9. The summed E-state index contributed by atoms with van der Waals surface area (Å²) in [4.78, 5) is 18.2. The van der Waals surface area contributed by atoms with Crippen LogP contribution in [-0.2, 0) is 24.8 Å². The van der Waals surface area contributed by atoms with Gasteiger partial charge in [-0.3, -0.25) is 0 Å². The molecule has 3 N–H and O–H groups in total. The molecule has 2 aromatic carbocycles. The molecule has 0 aliphatic carbocycles. The Hall–Kier alpha value is -3.34. The van der Waals surface area contributed by atoms with Crippen LogP contribution in [0.25, 0.3) is 0 Å². The molecule has 33 heavy (non-hydrogen) atoms. The lowest BCUT2D eigenvalue weighted by Crippen LogP contribution is -2.33. The van der Waals surface area contributed by atoms with Crippen LogP contribution in [0.15, 0.2) is 48.5 Å². The molecule has 0 saturated carbocycles. The summed E-state index contributed by atoms with van der Waals surface area (Å²) < 4.78 is 28.5. The average molecular weight is 463 g/mol. The monoisotopic (exact) mass is 463 g/mol. The van der Waals surface area contributed by atoms with Gasteiger partial charge in [-0.1, -0.05) is 36.4 Å². The molecule has 0 amide bonds. The SMILES string of the molecule is COc1cccc(OC)c1OCCNCC1CO[C@](C)(c2ccccc2)O1.O=C(O)C(=O)O. The Balaban J connectivity index is 0.000000569. The first-order valence-electron chi connectivity index (χ1n) is 10.2. The van der Waals surface area contributed by atoms with Crippen LogP contribution in [0.2, 0.25) is 0 Å². The van der Waals surface area contributed by atoms with Crippen molar-refractivity contribution in [2.45, 2.75) is 18.8 Å². The van der Waals surface area contributed by atoms with Gasteiger partial charge in [0.1, 0.15) is 6.61 Å². The minimum absolute atomic E-state index is 0.00370. The number of benzene rings is 2. The summed E-state index contributed by atoms with van der Waals surface area (Å²) in [7, 11) is 3.22. The van der Waals surface area contributed by atoms with Crippen molar-refractivity contribution < 1.29 is 43.5 Å². The third-order valence-electron chi connectivity index (χ3n) is 4.70. The van der Waals surface area contributed by atoms with E-state index < -0.39 is 17.7 Å². The number of methoxy groups -OCH3 is 2. The third-order valence-corrected chi connectivity index (χ3v) is 4.70. The summed E-state index contributed by atoms with van der Waals surface area (Å²) >= 11 is 0. The first-order valence-corrected chi connectivity index (χ1v) is 10.2. The van der Waals surface area contributed by atoms with Gasteiger partial charge < -0.3 is 39.2 Å². The summed E-state index contributed by atoms with van der Waals surface area (Å²) in [5.74, 6) is -2.41. The smallest absolute Gasteiger partial charge is 0.414 e. The van der Waals surface area contributed by atoms with Gasteiger partial charge >= 0.3 is 11.9 Å². The number of carboxylic acids is 2. The largest absolute Gasteiger partial charge is 0.493 e. The van der Waals surface area contributed by atoms with Gasteiger partial charge in [-0.25, -0.2) is 9.59 Å². The van der Waals surface area contributed by atoms with Gasteiger partial charge in [-0.2, -0.15) is 0 Å². The van der Waals surface area contributed by atoms with Crippen LogP contribution in [0.1, 0.15) is 12.5 Å². The summed E-state index contributed by atoms with van der Waals surface area (Å²) in [5, 5.41) is 18.1. The second-order valence-electron chi connectivity index (χ2n) is 7.02. The highest BCUT2D eigenvalue weighted by Crippen LogP contribution is 2.36. The lowest BCUT2D eigenvalue weighted by Gasteiger charge is -2.23. The summed E-state index contributed by atoms with van der Waals surface area (Å²) in [6.45, 7) is 4.36. The standard InChI is InChI=1S/C21H27NO5.C2H2O4/c1-21(16-8-5-4-6-9-16)26-15-17(27-21)14-22-12-13-25-20-18(23-2)10-7-11-19(20)24-3;3-1(4)2(5)6/h4-11,17,22H,12-15H2,1-3H3;(H,3,4)(H,5,6)/t17?,21-;/m0./s1. The maximum absolute atomic E-state index is 9.10. The molecule has 1 saturated heterocycles. The Morgan fingerprint density at radius 3 is 2.18 bits per heavy atom. The number of para-hydroxylation sites is 1. The number of carboxylic acid groups (broad SMARTS) is 2. The first-order chi connectivity index (χ1) is 15.8. The van der Waals surface area contributed by atoms with Gasteiger partial charge in [0, 0.05) is 18.7 Å². The van der Waals surface area contributed by atoms with Crippen LogP contribution in [0.4, 0.5) is 0 Å². The molecule has 1 aliphatic rings. The second kappa shape index (κ2) is 12.6. The molecule has 0 aromatic heterocycles. The predicted octanol–water partition coefficient (Wildman–Crippen LogP) is 2.12. The number of ether oxygens (including phenoxy) is 5. The molecule has 1 fully saturated rings. The topological polar surface area (TPSA) is 133 Å². The van der Waals surface area contributed by atoms with Gasteiger partial charge in [-0.15, -0.1) is 0 Å². The summed E-state index contributed by atoms with van der Waals surface area (Å²) in [6, 6.07) is 15.6. The second-order valence-corrected chi connectivity index (χ2v) is 7.02.